The molecule has 2 heterocycles. The van der Waals surface area contributed by atoms with Crippen molar-refractivity contribution in [3.05, 3.63) is 35.2 Å². The van der Waals surface area contributed by atoms with E-state index in [9.17, 15) is 22.4 Å². The number of nitrogens with one attached hydrogen (secondary N) is 1. The van der Waals surface area contributed by atoms with Crippen LogP contribution in [0.2, 0.25) is 0 Å². The van der Waals surface area contributed by atoms with Crippen LogP contribution in [0.15, 0.2) is 22.7 Å². The molecule has 0 bridgehead atoms. The van der Waals surface area contributed by atoms with Crippen molar-refractivity contribution in [2.24, 2.45) is 5.92 Å². The van der Waals surface area contributed by atoms with Crippen LogP contribution >= 0.6 is 0 Å². The summed E-state index contributed by atoms with van der Waals surface area (Å²) in [6, 6.07) is 5.50. The van der Waals surface area contributed by atoms with Crippen LogP contribution in [0.4, 0.5) is 17.6 Å². The van der Waals surface area contributed by atoms with Crippen LogP contribution < -0.4 is 5.32 Å². The van der Waals surface area contributed by atoms with Crippen LogP contribution in [0.5, 0.6) is 0 Å². The predicted molar refractivity (Wildman–Crippen MR) is 101 cm³/mol. The molecule has 0 spiro atoms. The highest BCUT2D eigenvalue weighted by Gasteiger charge is 2.45. The number of amides is 1. The first kappa shape index (κ1) is 20.4. The molecule has 1 aromatic carbocycles. The Bertz CT molecular complexity index is 992. The molecule has 2 aromatic rings. The lowest BCUT2D eigenvalue weighted by Gasteiger charge is -2.38. The Balaban J connectivity index is 1.30. The maximum atomic E-state index is 13.3. The fourth-order valence-electron chi connectivity index (χ4n) is 4.69. The minimum atomic E-state index is -4.68. The zero-order chi connectivity index (χ0) is 21.8. The minimum absolute atomic E-state index is 0.0191. The average Bonchev–Trinajstić information content (AvgIpc) is 3.13. The van der Waals surface area contributed by atoms with Gasteiger partial charge >= 0.3 is 12.1 Å². The van der Waals surface area contributed by atoms with E-state index in [1.807, 2.05) is 6.07 Å². The molecule has 2 saturated carbocycles. The Kier molecular flexibility index (Phi) is 4.99. The van der Waals surface area contributed by atoms with Crippen LogP contribution in [0.3, 0.4) is 0 Å². The zero-order valence-corrected chi connectivity index (χ0v) is 16.7. The third-order valence-electron chi connectivity index (χ3n) is 6.46. The largest absolute Gasteiger partial charge is 0.471 e. The second-order valence-electron chi connectivity index (χ2n) is 8.63. The Morgan fingerprint density at radius 1 is 1.16 bits per heavy atom. The average molecular weight is 438 g/mol. The van der Waals surface area contributed by atoms with Gasteiger partial charge in [0.25, 0.3) is 0 Å². The summed E-state index contributed by atoms with van der Waals surface area (Å²) in [5.74, 6) is -2.16. The molecule has 1 amide bonds. The van der Waals surface area contributed by atoms with Crippen LogP contribution in [-0.2, 0) is 24.1 Å². The van der Waals surface area contributed by atoms with E-state index in [-0.39, 0.29) is 23.8 Å². The third kappa shape index (κ3) is 4.05. The molecule has 31 heavy (non-hydrogen) atoms. The summed E-state index contributed by atoms with van der Waals surface area (Å²) >= 11 is 0. The SMILES string of the molecule is O=C(N[C@@H]1CCCC[C@H]1N1Cc2ccc(-c3noc(C(F)(F)F)n3)cc2C1)C1CC1F. The van der Waals surface area contributed by atoms with Crippen LogP contribution in [0, 0.1) is 5.92 Å². The first-order valence-electron chi connectivity index (χ1n) is 10.5. The van der Waals surface area contributed by atoms with Gasteiger partial charge in [0.2, 0.25) is 11.7 Å². The van der Waals surface area contributed by atoms with Gasteiger partial charge in [0.15, 0.2) is 0 Å². The van der Waals surface area contributed by atoms with Gasteiger partial charge in [-0.15, -0.1) is 0 Å². The third-order valence-corrected chi connectivity index (χ3v) is 6.46. The van der Waals surface area contributed by atoms with E-state index in [4.69, 9.17) is 0 Å². The molecular weight excluding hydrogens is 416 g/mol. The highest BCUT2D eigenvalue weighted by Crippen LogP contribution is 2.36. The monoisotopic (exact) mass is 438 g/mol. The molecule has 10 heteroatoms. The predicted octanol–water partition coefficient (Wildman–Crippen LogP) is 3.86. The van der Waals surface area contributed by atoms with Crippen molar-refractivity contribution in [3.8, 4) is 11.4 Å². The number of carbonyl (C=O) groups is 1. The van der Waals surface area contributed by atoms with Gasteiger partial charge in [-0.25, -0.2) is 4.39 Å². The van der Waals surface area contributed by atoms with Crippen LogP contribution in [0.25, 0.3) is 11.4 Å². The Morgan fingerprint density at radius 2 is 1.90 bits per heavy atom. The molecule has 0 saturated heterocycles. The van der Waals surface area contributed by atoms with Crippen molar-refractivity contribution < 1.29 is 26.9 Å². The smallest absolute Gasteiger partial charge is 0.351 e. The number of fused-ring (bicyclic) bond motifs is 1. The van der Waals surface area contributed by atoms with Crippen molar-refractivity contribution in [2.45, 2.75) is 69.6 Å². The molecule has 2 unspecified atom stereocenters. The standard InChI is InChI=1S/C21H22F4N4O2/c22-15-8-14(15)19(30)26-16-3-1-2-4-17(16)29-9-12-6-5-11(7-13(12)10-29)18-27-20(31-28-18)21(23,24)25/h5-7,14-17H,1-4,8-10H2,(H,26,30)/t14?,15?,16-,17-/m1/s1. The van der Waals surface area contributed by atoms with E-state index in [2.05, 4.69) is 24.9 Å². The van der Waals surface area contributed by atoms with Gasteiger partial charge in [-0.05, 0) is 36.5 Å². The van der Waals surface area contributed by atoms with Crippen molar-refractivity contribution in [1.29, 1.82) is 0 Å². The Labute approximate surface area is 176 Å². The van der Waals surface area contributed by atoms with Gasteiger partial charge in [0.1, 0.15) is 6.17 Å². The summed E-state index contributed by atoms with van der Waals surface area (Å²) in [6.45, 7) is 1.32. The highest BCUT2D eigenvalue weighted by atomic mass is 19.4. The number of carbonyl (C=O) groups excluding carboxylic acids is 1. The number of halogens is 4. The van der Waals surface area contributed by atoms with E-state index in [1.54, 1.807) is 12.1 Å². The van der Waals surface area contributed by atoms with E-state index in [0.717, 1.165) is 36.8 Å². The number of nitrogens with zero attached hydrogens (tertiary/aromatic N) is 3. The molecule has 1 aliphatic heterocycles. The molecule has 4 atom stereocenters. The summed E-state index contributed by atoms with van der Waals surface area (Å²) in [4.78, 5) is 18.0. The molecule has 0 radical (unpaired) electrons. The molecule has 3 aliphatic rings. The fraction of sp³-hybridized carbons (Fsp3) is 0.571. The van der Waals surface area contributed by atoms with Crippen molar-refractivity contribution >= 4 is 5.91 Å². The molecule has 5 rings (SSSR count). The summed E-state index contributed by atoms with van der Waals surface area (Å²) < 4.78 is 55.8. The summed E-state index contributed by atoms with van der Waals surface area (Å²) in [5, 5.41) is 6.52. The van der Waals surface area contributed by atoms with Gasteiger partial charge in [-0.2, -0.15) is 18.2 Å². The summed E-state index contributed by atoms with van der Waals surface area (Å²) in [7, 11) is 0. The Hall–Kier alpha value is -2.49. The number of hydrogen-bond donors (Lipinski definition) is 1. The first-order chi connectivity index (χ1) is 14.8. The lowest BCUT2D eigenvalue weighted by atomic mass is 9.89. The second-order valence-corrected chi connectivity index (χ2v) is 8.63. The minimum Gasteiger partial charge on any atom is -0.351 e. The lowest BCUT2D eigenvalue weighted by molar-refractivity contribution is -0.159. The topological polar surface area (TPSA) is 71.3 Å². The molecule has 166 valence electrons. The first-order valence-corrected chi connectivity index (χ1v) is 10.5. The summed E-state index contributed by atoms with van der Waals surface area (Å²) in [6.07, 6.45) is -1.49. The van der Waals surface area contributed by atoms with Gasteiger partial charge in [-0.3, -0.25) is 9.69 Å². The van der Waals surface area contributed by atoms with E-state index in [1.165, 1.54) is 0 Å². The maximum Gasteiger partial charge on any atom is 0.471 e. The quantitative estimate of drug-likeness (QED) is 0.735. The van der Waals surface area contributed by atoms with Gasteiger partial charge in [-0.1, -0.05) is 30.1 Å². The molecule has 2 fully saturated rings. The second kappa shape index (κ2) is 7.58. The number of rotatable bonds is 4. The van der Waals surface area contributed by atoms with Crippen molar-refractivity contribution in [1.82, 2.24) is 20.4 Å². The molecule has 6 nitrogen and oxygen atoms in total. The molecular formula is C21H22F4N4O2. The van der Waals surface area contributed by atoms with Gasteiger partial charge < -0.3 is 9.84 Å². The van der Waals surface area contributed by atoms with Gasteiger partial charge in [0, 0.05) is 30.7 Å². The van der Waals surface area contributed by atoms with E-state index in [0.29, 0.717) is 25.1 Å². The van der Waals surface area contributed by atoms with Crippen LogP contribution in [0.1, 0.15) is 49.1 Å². The van der Waals surface area contributed by atoms with Crippen LogP contribution in [-0.4, -0.2) is 39.2 Å². The number of hydrogen-bond acceptors (Lipinski definition) is 5. The van der Waals surface area contributed by atoms with Gasteiger partial charge in [0.05, 0.1) is 5.92 Å². The molecule has 1 aromatic heterocycles. The lowest BCUT2D eigenvalue weighted by Crippen LogP contribution is -2.52. The normalized spacial score (nSPS) is 28.4. The number of benzene rings is 1. The summed E-state index contributed by atoms with van der Waals surface area (Å²) in [5.41, 5.74) is 2.55. The molecule has 2 aliphatic carbocycles. The number of aromatic nitrogens is 2. The fourth-order valence-corrected chi connectivity index (χ4v) is 4.69. The highest BCUT2D eigenvalue weighted by molar-refractivity contribution is 5.82. The number of alkyl halides is 4. The van der Waals surface area contributed by atoms with E-state index < -0.39 is 24.2 Å². The Morgan fingerprint density at radius 3 is 2.61 bits per heavy atom. The van der Waals surface area contributed by atoms with Crippen molar-refractivity contribution in [2.75, 3.05) is 0 Å². The molecule has 1 N–H and O–H groups in total. The zero-order valence-electron chi connectivity index (χ0n) is 16.7. The van der Waals surface area contributed by atoms with Crippen molar-refractivity contribution in [3.63, 3.8) is 0 Å². The van der Waals surface area contributed by atoms with E-state index >= 15 is 0 Å². The maximum absolute atomic E-state index is 13.3.